The van der Waals surface area contributed by atoms with Crippen molar-refractivity contribution >= 4 is 30.5 Å². The summed E-state index contributed by atoms with van der Waals surface area (Å²) in [6, 6.07) is 6.22. The predicted octanol–water partition coefficient (Wildman–Crippen LogP) is 6.14. The van der Waals surface area contributed by atoms with Crippen molar-refractivity contribution in [1.82, 2.24) is 0 Å². The molecule has 0 saturated heterocycles. The van der Waals surface area contributed by atoms with Crippen molar-refractivity contribution < 1.29 is 35.3 Å². The first-order chi connectivity index (χ1) is 11.8. The molecule has 2 aromatic rings. The summed E-state index contributed by atoms with van der Waals surface area (Å²) in [6.45, 7) is 4.03. The molecule has 0 aliphatic heterocycles. The summed E-state index contributed by atoms with van der Waals surface area (Å²) in [6.07, 6.45) is 1.84. The Hall–Kier alpha value is -1.01. The standard InChI is InChI=1S/C17H16F3NO.2ClH.Ti/c1-10(2)6-11-4-3-5-12(17(11)22)9-21-16-14(19)7-13(18)8-15(16)20;;;/h3-5,7-10,22H,6H2,1-2H3;2*1H;/q;;;+2/p-2. The van der Waals surface area contributed by atoms with Crippen molar-refractivity contribution in [2.45, 2.75) is 20.3 Å². The van der Waals surface area contributed by atoms with Crippen LogP contribution in [0.1, 0.15) is 25.0 Å². The summed E-state index contributed by atoms with van der Waals surface area (Å²) in [5.41, 5.74) is 0.496. The van der Waals surface area contributed by atoms with E-state index in [0.29, 0.717) is 30.0 Å². The number of benzene rings is 2. The van der Waals surface area contributed by atoms with Crippen LogP contribution in [-0.4, -0.2) is 11.3 Å². The second kappa shape index (κ2) is 10.9. The molecular weight excluding hydrogens is 410 g/mol. The van der Waals surface area contributed by atoms with Gasteiger partial charge in [0, 0.05) is 23.9 Å². The van der Waals surface area contributed by atoms with Crippen LogP contribution in [0.2, 0.25) is 0 Å². The van der Waals surface area contributed by atoms with Gasteiger partial charge in [0.15, 0.2) is 11.6 Å². The maximum absolute atomic E-state index is 13.5. The normalized spacial score (nSPS) is 10.7. The first-order valence-electron chi connectivity index (χ1n) is 7.25. The molecule has 0 heterocycles. The third-order valence-corrected chi connectivity index (χ3v) is 3.09. The topological polar surface area (TPSA) is 32.6 Å². The molecule has 2 aromatic carbocycles. The Bertz CT molecular complexity index is 719. The fourth-order valence-corrected chi connectivity index (χ4v) is 2.11. The van der Waals surface area contributed by atoms with Crippen LogP contribution in [0.5, 0.6) is 5.75 Å². The van der Waals surface area contributed by atoms with Gasteiger partial charge in [-0.05, 0) is 24.0 Å². The number of phenolic OH excluding ortho intramolecular Hbond substituents is 1. The molecule has 0 amide bonds. The van der Waals surface area contributed by atoms with Gasteiger partial charge in [-0.1, -0.05) is 26.0 Å². The zero-order chi connectivity index (χ0) is 19.0. The van der Waals surface area contributed by atoms with Crippen LogP contribution >= 0.6 is 18.6 Å². The number of hydrogen-bond donors (Lipinski definition) is 1. The fraction of sp³-hybridized carbons (Fsp3) is 0.235. The quantitative estimate of drug-likeness (QED) is 0.463. The zero-order valence-corrected chi connectivity index (χ0v) is 16.6. The Morgan fingerprint density at radius 3 is 2.24 bits per heavy atom. The van der Waals surface area contributed by atoms with Gasteiger partial charge >= 0.3 is 35.6 Å². The molecule has 0 unspecified atom stereocenters. The molecule has 134 valence electrons. The zero-order valence-electron chi connectivity index (χ0n) is 13.5. The van der Waals surface area contributed by atoms with Gasteiger partial charge in [-0.25, -0.2) is 18.2 Å². The van der Waals surface area contributed by atoms with Crippen LogP contribution < -0.4 is 0 Å². The van der Waals surface area contributed by atoms with Crippen molar-refractivity contribution in [1.29, 1.82) is 0 Å². The predicted molar refractivity (Wildman–Crippen MR) is 91.9 cm³/mol. The average molecular weight is 426 g/mol. The van der Waals surface area contributed by atoms with Crippen LogP contribution in [0.25, 0.3) is 0 Å². The second-order valence-electron chi connectivity index (χ2n) is 5.50. The molecule has 0 bridgehead atoms. The molecule has 0 radical (unpaired) electrons. The van der Waals surface area contributed by atoms with Gasteiger partial charge in [0.2, 0.25) is 0 Å². The van der Waals surface area contributed by atoms with Crippen LogP contribution in [0.4, 0.5) is 18.9 Å². The molecule has 25 heavy (non-hydrogen) atoms. The van der Waals surface area contributed by atoms with Crippen LogP contribution in [0.3, 0.4) is 0 Å². The summed E-state index contributed by atoms with van der Waals surface area (Å²) in [7, 11) is 9.78. The van der Waals surface area contributed by atoms with Crippen LogP contribution in [-0.2, 0) is 23.5 Å². The van der Waals surface area contributed by atoms with E-state index >= 15 is 0 Å². The number of hydrogen-bond acceptors (Lipinski definition) is 2. The van der Waals surface area contributed by atoms with E-state index in [9.17, 15) is 18.3 Å². The van der Waals surface area contributed by atoms with Crippen LogP contribution in [0, 0.1) is 23.4 Å². The molecule has 0 saturated carbocycles. The summed E-state index contributed by atoms with van der Waals surface area (Å²) in [4.78, 5) is 3.70. The summed E-state index contributed by atoms with van der Waals surface area (Å²) in [5.74, 6) is -2.80. The van der Waals surface area contributed by atoms with E-state index in [2.05, 4.69) is 4.99 Å². The van der Waals surface area contributed by atoms with Crippen LogP contribution in [0.15, 0.2) is 35.3 Å². The molecule has 0 aromatic heterocycles. The van der Waals surface area contributed by atoms with Gasteiger partial charge < -0.3 is 5.11 Å². The third kappa shape index (κ3) is 7.02. The summed E-state index contributed by atoms with van der Waals surface area (Å²) < 4.78 is 39.9. The number of phenols is 1. The van der Waals surface area contributed by atoms with E-state index in [1.54, 1.807) is 18.2 Å². The van der Waals surface area contributed by atoms with E-state index in [4.69, 9.17) is 18.6 Å². The number of halogens is 5. The molecule has 2 rings (SSSR count). The monoisotopic (exact) mass is 425 g/mol. The summed E-state index contributed by atoms with van der Waals surface area (Å²) >= 11 is -0.556. The van der Waals surface area contributed by atoms with Crippen molar-refractivity contribution in [3.63, 3.8) is 0 Å². The second-order valence-corrected chi connectivity index (χ2v) is 8.08. The number of rotatable bonds is 4. The number of aliphatic imine (C=N–C) groups is 1. The molecule has 8 heteroatoms. The third-order valence-electron chi connectivity index (χ3n) is 3.09. The van der Waals surface area contributed by atoms with Crippen molar-refractivity contribution in [3.8, 4) is 5.75 Å². The van der Waals surface area contributed by atoms with E-state index in [0.717, 1.165) is 5.56 Å². The molecule has 0 atom stereocenters. The Morgan fingerprint density at radius 2 is 1.72 bits per heavy atom. The van der Waals surface area contributed by atoms with Crippen molar-refractivity contribution in [2.75, 3.05) is 0 Å². The first kappa shape index (κ1) is 22.0. The van der Waals surface area contributed by atoms with Gasteiger partial charge in [-0.15, -0.1) is 0 Å². The van der Waals surface area contributed by atoms with E-state index in [1.165, 1.54) is 6.21 Å². The first-order valence-corrected chi connectivity index (χ1v) is 11.6. The van der Waals surface area contributed by atoms with Gasteiger partial charge in [-0.2, -0.15) is 0 Å². The molecule has 0 fully saturated rings. The number of nitrogens with zero attached hydrogens (tertiary/aromatic N) is 1. The number of aromatic hydroxyl groups is 1. The molecular formula is C17H16Cl2F3NOTi. The Balaban J connectivity index is 0.000000970. The van der Waals surface area contributed by atoms with Gasteiger partial charge in [0.25, 0.3) is 0 Å². The van der Waals surface area contributed by atoms with E-state index < -0.39 is 40.2 Å². The Kier molecular flexibility index (Phi) is 9.58. The van der Waals surface area contributed by atoms with Crippen molar-refractivity contribution in [3.05, 3.63) is 58.9 Å². The maximum atomic E-state index is 13.5. The average Bonchev–Trinajstić information content (AvgIpc) is 2.50. The Morgan fingerprint density at radius 1 is 1.16 bits per heavy atom. The van der Waals surface area contributed by atoms with Gasteiger partial charge in [-0.3, -0.25) is 0 Å². The minimum absolute atomic E-state index is 0.0304. The van der Waals surface area contributed by atoms with Gasteiger partial charge in [0.1, 0.15) is 17.3 Å². The molecule has 0 aliphatic carbocycles. The molecule has 2 nitrogen and oxygen atoms in total. The SMILES string of the molecule is CC(C)Cc1cccc(C=Nc2c(F)cc(F)cc2F)c1O.[Cl][Ti][Cl]. The molecule has 0 spiro atoms. The van der Waals surface area contributed by atoms with Gasteiger partial charge in [0.05, 0.1) is 0 Å². The van der Waals surface area contributed by atoms with Crippen molar-refractivity contribution in [2.24, 2.45) is 10.9 Å². The Labute approximate surface area is 161 Å². The summed E-state index contributed by atoms with van der Waals surface area (Å²) in [5, 5.41) is 10.2. The van der Waals surface area contributed by atoms with E-state index in [-0.39, 0.29) is 5.75 Å². The molecule has 0 aliphatic rings. The number of para-hydroxylation sites is 1. The minimum atomic E-state index is -1.09. The van der Waals surface area contributed by atoms with E-state index in [1.807, 2.05) is 13.8 Å². The molecule has 1 N–H and O–H groups in total. The fourth-order valence-electron chi connectivity index (χ4n) is 2.11.